The van der Waals surface area contributed by atoms with Crippen LogP contribution >= 0.6 is 0 Å². The van der Waals surface area contributed by atoms with Gasteiger partial charge in [-0.25, -0.2) is 0 Å². The minimum atomic E-state index is -0.894. The number of nitrogens with zero attached hydrogens (tertiary/aromatic N) is 3. The molecule has 3 aromatic rings. The lowest BCUT2D eigenvalue weighted by atomic mass is 9.96. The molecule has 1 aromatic carbocycles. The number of benzene rings is 1. The average Bonchev–Trinajstić information content (AvgIpc) is 3.33. The summed E-state index contributed by atoms with van der Waals surface area (Å²) >= 11 is 0. The standard InChI is InChI=1S/C23H21N3O5/c1-3-11-30-17-8-6-15(7-9-17)21(27)19-20(16-5-4-10-24-13-16)26(23(29)22(19)28)18-12-14(2)31-25-18/h4-10,12-13,20,27H,3,11H2,1-2H3. The topological polar surface area (TPSA) is 106 Å². The lowest BCUT2D eigenvalue weighted by Crippen LogP contribution is -2.29. The molecule has 3 heterocycles. The average molecular weight is 419 g/mol. The SMILES string of the molecule is CCCOc1ccc(C(O)=C2C(=O)C(=O)N(c3cc(C)on3)C2c2cccnc2)cc1. The van der Waals surface area contributed by atoms with E-state index in [0.29, 0.717) is 29.2 Å². The number of rotatable bonds is 6. The quantitative estimate of drug-likeness (QED) is 0.368. The first-order valence-corrected chi connectivity index (χ1v) is 9.88. The van der Waals surface area contributed by atoms with Crippen molar-refractivity contribution in [3.8, 4) is 5.75 Å². The first-order valence-electron chi connectivity index (χ1n) is 9.88. The van der Waals surface area contributed by atoms with Crippen molar-refractivity contribution in [2.24, 2.45) is 0 Å². The predicted molar refractivity (Wildman–Crippen MR) is 112 cm³/mol. The largest absolute Gasteiger partial charge is 0.507 e. The van der Waals surface area contributed by atoms with Gasteiger partial charge in [0, 0.05) is 24.0 Å². The molecule has 1 amide bonds. The highest BCUT2D eigenvalue weighted by molar-refractivity contribution is 6.51. The summed E-state index contributed by atoms with van der Waals surface area (Å²) in [6.07, 6.45) is 4.01. The highest BCUT2D eigenvalue weighted by atomic mass is 16.5. The van der Waals surface area contributed by atoms with Gasteiger partial charge in [-0.2, -0.15) is 0 Å². The molecule has 1 aliphatic rings. The van der Waals surface area contributed by atoms with Crippen LogP contribution in [-0.2, 0) is 9.59 Å². The molecule has 1 atom stereocenters. The Kier molecular flexibility index (Phi) is 5.53. The van der Waals surface area contributed by atoms with Crippen molar-refractivity contribution in [1.29, 1.82) is 0 Å². The van der Waals surface area contributed by atoms with Crippen molar-refractivity contribution in [3.63, 3.8) is 0 Å². The number of pyridine rings is 1. The third-order valence-corrected chi connectivity index (χ3v) is 4.91. The Morgan fingerprint density at radius 2 is 2.00 bits per heavy atom. The number of amides is 1. The molecule has 1 unspecified atom stereocenters. The van der Waals surface area contributed by atoms with Gasteiger partial charge in [0.1, 0.15) is 17.3 Å². The molecule has 0 radical (unpaired) electrons. The molecule has 0 saturated carbocycles. The summed E-state index contributed by atoms with van der Waals surface area (Å²) in [5.41, 5.74) is 0.916. The second-order valence-corrected chi connectivity index (χ2v) is 7.12. The van der Waals surface area contributed by atoms with E-state index in [4.69, 9.17) is 9.26 Å². The maximum absolute atomic E-state index is 13.0. The summed E-state index contributed by atoms with van der Waals surface area (Å²) in [5.74, 6) is -0.553. The molecule has 8 nitrogen and oxygen atoms in total. The second-order valence-electron chi connectivity index (χ2n) is 7.12. The Labute approximate surface area is 178 Å². The molecule has 0 bridgehead atoms. The summed E-state index contributed by atoms with van der Waals surface area (Å²) in [6, 6.07) is 10.8. The van der Waals surface area contributed by atoms with E-state index < -0.39 is 17.7 Å². The Balaban J connectivity index is 1.82. The zero-order valence-electron chi connectivity index (χ0n) is 17.1. The van der Waals surface area contributed by atoms with Crippen LogP contribution in [-0.4, -0.2) is 33.5 Å². The highest BCUT2D eigenvalue weighted by Crippen LogP contribution is 2.41. The molecule has 0 aliphatic carbocycles. The van der Waals surface area contributed by atoms with Crippen LogP contribution in [0.5, 0.6) is 5.75 Å². The summed E-state index contributed by atoms with van der Waals surface area (Å²) < 4.78 is 10.7. The van der Waals surface area contributed by atoms with Crippen molar-refractivity contribution >= 4 is 23.3 Å². The van der Waals surface area contributed by atoms with Gasteiger partial charge in [-0.1, -0.05) is 18.1 Å². The van der Waals surface area contributed by atoms with E-state index in [1.165, 1.54) is 4.90 Å². The van der Waals surface area contributed by atoms with Gasteiger partial charge >= 0.3 is 5.91 Å². The molecule has 2 aromatic heterocycles. The number of hydrogen-bond donors (Lipinski definition) is 1. The number of aromatic nitrogens is 2. The summed E-state index contributed by atoms with van der Waals surface area (Å²) in [6.45, 7) is 4.27. The molecule has 1 saturated heterocycles. The van der Waals surface area contributed by atoms with Crippen LogP contribution in [0.4, 0.5) is 5.82 Å². The number of ether oxygens (including phenoxy) is 1. The molecular weight excluding hydrogens is 398 g/mol. The number of aliphatic hydroxyl groups is 1. The van der Waals surface area contributed by atoms with Crippen LogP contribution in [0.25, 0.3) is 5.76 Å². The summed E-state index contributed by atoms with van der Waals surface area (Å²) in [4.78, 5) is 31.2. The van der Waals surface area contributed by atoms with Gasteiger partial charge in [0.15, 0.2) is 5.82 Å². The van der Waals surface area contributed by atoms with Crippen LogP contribution in [0, 0.1) is 6.92 Å². The number of aryl methyl sites for hydroxylation is 1. The third-order valence-electron chi connectivity index (χ3n) is 4.91. The van der Waals surface area contributed by atoms with Gasteiger partial charge in [0.05, 0.1) is 18.2 Å². The fourth-order valence-electron chi connectivity index (χ4n) is 3.47. The summed E-state index contributed by atoms with van der Waals surface area (Å²) in [5, 5.41) is 15.0. The molecule has 8 heteroatoms. The van der Waals surface area contributed by atoms with E-state index in [1.807, 2.05) is 6.92 Å². The van der Waals surface area contributed by atoms with Crippen LogP contribution in [0.15, 0.2) is 65.0 Å². The van der Waals surface area contributed by atoms with Gasteiger partial charge in [-0.3, -0.25) is 19.5 Å². The number of ketones is 1. The van der Waals surface area contributed by atoms with E-state index in [1.54, 1.807) is 61.8 Å². The number of anilines is 1. The number of carbonyl (C=O) groups is 2. The van der Waals surface area contributed by atoms with E-state index in [2.05, 4.69) is 10.1 Å². The number of hydrogen-bond acceptors (Lipinski definition) is 7. The van der Waals surface area contributed by atoms with Crippen LogP contribution in [0.3, 0.4) is 0 Å². The lowest BCUT2D eigenvalue weighted by Gasteiger charge is -2.22. The molecule has 0 spiro atoms. The molecule has 4 rings (SSSR count). The van der Waals surface area contributed by atoms with Crippen molar-refractivity contribution < 1.29 is 24.0 Å². The normalized spacial score (nSPS) is 17.9. The van der Waals surface area contributed by atoms with Gasteiger partial charge in [-0.05, 0) is 49.2 Å². The zero-order valence-corrected chi connectivity index (χ0v) is 17.1. The maximum Gasteiger partial charge on any atom is 0.301 e. The predicted octanol–water partition coefficient (Wildman–Crippen LogP) is 3.79. The fraction of sp³-hybridized carbons (Fsp3) is 0.217. The van der Waals surface area contributed by atoms with Crippen molar-refractivity contribution in [1.82, 2.24) is 10.1 Å². The lowest BCUT2D eigenvalue weighted by molar-refractivity contribution is -0.132. The van der Waals surface area contributed by atoms with Crippen LogP contribution < -0.4 is 9.64 Å². The highest BCUT2D eigenvalue weighted by Gasteiger charge is 2.48. The van der Waals surface area contributed by atoms with Crippen LogP contribution in [0.2, 0.25) is 0 Å². The number of Topliss-reactive ketones (excluding diaryl/α,β-unsaturated/α-hetero) is 1. The van der Waals surface area contributed by atoms with Gasteiger partial charge < -0.3 is 14.4 Å². The van der Waals surface area contributed by atoms with Crippen molar-refractivity contribution in [3.05, 3.63) is 77.3 Å². The summed E-state index contributed by atoms with van der Waals surface area (Å²) in [7, 11) is 0. The zero-order chi connectivity index (χ0) is 22.0. The molecule has 1 aliphatic heterocycles. The Morgan fingerprint density at radius 3 is 2.61 bits per heavy atom. The first kappa shape index (κ1) is 20.3. The van der Waals surface area contributed by atoms with Crippen molar-refractivity contribution in [2.45, 2.75) is 26.3 Å². The Hall–Kier alpha value is -3.94. The molecule has 158 valence electrons. The van der Waals surface area contributed by atoms with Gasteiger partial charge in [0.25, 0.3) is 5.78 Å². The van der Waals surface area contributed by atoms with E-state index in [0.717, 1.165) is 6.42 Å². The van der Waals surface area contributed by atoms with Crippen LogP contribution in [0.1, 0.15) is 36.3 Å². The second kappa shape index (κ2) is 8.43. The fourth-order valence-corrected chi connectivity index (χ4v) is 3.47. The van der Waals surface area contributed by atoms with E-state index in [-0.39, 0.29) is 17.2 Å². The van der Waals surface area contributed by atoms with Crippen molar-refractivity contribution in [2.75, 3.05) is 11.5 Å². The Morgan fingerprint density at radius 1 is 1.23 bits per heavy atom. The van der Waals surface area contributed by atoms with Gasteiger partial charge in [-0.15, -0.1) is 0 Å². The minimum absolute atomic E-state index is 0.0409. The Bertz CT molecular complexity index is 1140. The monoisotopic (exact) mass is 419 g/mol. The maximum atomic E-state index is 13.0. The molecule has 1 N–H and O–H groups in total. The molecule has 31 heavy (non-hydrogen) atoms. The number of carbonyl (C=O) groups excluding carboxylic acids is 2. The van der Waals surface area contributed by atoms with E-state index in [9.17, 15) is 14.7 Å². The van der Waals surface area contributed by atoms with E-state index >= 15 is 0 Å². The molecule has 1 fully saturated rings. The van der Waals surface area contributed by atoms with Gasteiger partial charge in [0.2, 0.25) is 0 Å². The molecular formula is C23H21N3O5. The smallest absolute Gasteiger partial charge is 0.301 e. The first-order chi connectivity index (χ1) is 15.0. The number of aliphatic hydroxyl groups excluding tert-OH is 1. The third kappa shape index (κ3) is 3.79. The minimum Gasteiger partial charge on any atom is -0.507 e.